The molecule has 0 radical (unpaired) electrons. The van der Waals surface area contributed by atoms with Crippen LogP contribution in [0.25, 0.3) is 0 Å². The van der Waals surface area contributed by atoms with Gasteiger partial charge in [-0.1, -0.05) is 63.2 Å². The molecule has 10 nitrogen and oxygen atoms in total. The van der Waals surface area contributed by atoms with Gasteiger partial charge < -0.3 is 32.8 Å². The van der Waals surface area contributed by atoms with Crippen molar-refractivity contribution in [2.75, 3.05) is 20.8 Å². The Morgan fingerprint density at radius 1 is 0.673 bits per heavy atom. The predicted octanol–water partition coefficient (Wildman–Crippen LogP) is 7.53. The van der Waals surface area contributed by atoms with E-state index in [1.165, 1.54) is 4.90 Å². The Balaban J connectivity index is 1.47. The van der Waals surface area contributed by atoms with Crippen molar-refractivity contribution in [3.8, 4) is 23.0 Å². The van der Waals surface area contributed by atoms with Crippen LogP contribution in [0.5, 0.6) is 23.0 Å². The zero-order valence-electron chi connectivity index (χ0n) is 30.7. The summed E-state index contributed by atoms with van der Waals surface area (Å²) in [4.78, 5) is 29.7. The number of fused-ring (bicyclic) bond motifs is 1. The van der Waals surface area contributed by atoms with Gasteiger partial charge in [0, 0.05) is 0 Å². The lowest BCUT2D eigenvalue weighted by Crippen LogP contribution is -2.68. The van der Waals surface area contributed by atoms with Crippen LogP contribution in [0, 0.1) is 0 Å². The number of imide groups is 1. The lowest BCUT2D eigenvalue weighted by molar-refractivity contribution is -0.258. The fourth-order valence-corrected chi connectivity index (χ4v) is 7.09. The Morgan fingerprint density at radius 3 is 1.69 bits per heavy atom. The van der Waals surface area contributed by atoms with Gasteiger partial charge in [0.1, 0.15) is 41.2 Å². The van der Waals surface area contributed by atoms with Crippen molar-refractivity contribution < 1.29 is 42.4 Å². The first-order valence-electron chi connectivity index (χ1n) is 17.4. The summed E-state index contributed by atoms with van der Waals surface area (Å²) in [5.41, 5.74) is 1.50. The molecule has 0 aliphatic carbocycles. The number of ether oxygens (including phenoxy) is 6. The molecule has 0 saturated carbocycles. The lowest BCUT2D eigenvalue weighted by Gasteiger charge is -2.48. The zero-order valence-corrected chi connectivity index (χ0v) is 31.7. The summed E-state index contributed by atoms with van der Waals surface area (Å²) in [6, 6.07) is 29.7. The second kappa shape index (κ2) is 15.5. The minimum atomic E-state index is -2.30. The molecule has 4 aromatic rings. The van der Waals surface area contributed by atoms with E-state index in [0.29, 0.717) is 34.1 Å². The highest BCUT2D eigenvalue weighted by Crippen LogP contribution is 2.40. The van der Waals surface area contributed by atoms with Crippen LogP contribution in [-0.4, -0.2) is 76.5 Å². The molecule has 2 amide bonds. The smallest absolute Gasteiger partial charge is 0.262 e. The van der Waals surface area contributed by atoms with Gasteiger partial charge in [-0.15, -0.1) is 0 Å². The Kier molecular flexibility index (Phi) is 11.1. The molecule has 0 bridgehead atoms. The van der Waals surface area contributed by atoms with E-state index in [4.69, 9.17) is 32.8 Å². The van der Waals surface area contributed by atoms with Gasteiger partial charge in [0.2, 0.25) is 6.29 Å². The zero-order chi connectivity index (χ0) is 37.0. The van der Waals surface area contributed by atoms with Gasteiger partial charge in [0.15, 0.2) is 14.4 Å². The second-order valence-electron chi connectivity index (χ2n) is 14.4. The molecule has 6 rings (SSSR count). The topological polar surface area (TPSA) is 102 Å². The highest BCUT2D eigenvalue weighted by Gasteiger charge is 2.57. The molecule has 4 aromatic carbocycles. The lowest BCUT2D eigenvalue weighted by atomic mass is 9.94. The normalized spacial score (nSPS) is 21.8. The molecule has 11 heteroatoms. The Morgan fingerprint density at radius 2 is 1.17 bits per heavy atom. The molecule has 1 saturated heterocycles. The molecule has 0 spiro atoms. The van der Waals surface area contributed by atoms with Gasteiger partial charge in [-0.05, 0) is 84.4 Å². The summed E-state index contributed by atoms with van der Waals surface area (Å²) in [5, 5.41) is -0.0844. The average molecular weight is 726 g/mol. The SMILES string of the molecule is COc1ccc(O[C@H]2O[C@H](CO[Si](C)(C)C(C)(C)C)[C@@H](Oc3ccc(OC)cc3)[C@H](OCc3ccccc3)[C@@H]2N2C(=O)c3ccccc3C2=O)cc1. The van der Waals surface area contributed by atoms with E-state index in [0.717, 1.165) is 5.56 Å². The molecule has 0 N–H and O–H groups in total. The maximum absolute atomic E-state index is 14.2. The van der Waals surface area contributed by atoms with Crippen molar-refractivity contribution in [1.82, 2.24) is 4.90 Å². The van der Waals surface area contributed by atoms with Gasteiger partial charge in [-0.25, -0.2) is 0 Å². The summed E-state index contributed by atoms with van der Waals surface area (Å²) in [5.74, 6) is 1.35. The van der Waals surface area contributed by atoms with Crippen LogP contribution in [0.2, 0.25) is 18.1 Å². The maximum Gasteiger partial charge on any atom is 0.262 e. The highest BCUT2D eigenvalue weighted by molar-refractivity contribution is 6.74. The van der Waals surface area contributed by atoms with Gasteiger partial charge in [0.25, 0.3) is 11.8 Å². The van der Waals surface area contributed by atoms with Crippen molar-refractivity contribution in [1.29, 1.82) is 0 Å². The first kappa shape index (κ1) is 37.1. The van der Waals surface area contributed by atoms with Crippen molar-refractivity contribution in [3.63, 3.8) is 0 Å². The van der Waals surface area contributed by atoms with E-state index in [1.807, 2.05) is 30.3 Å². The minimum Gasteiger partial charge on any atom is -0.497 e. The fourth-order valence-electron chi connectivity index (χ4n) is 6.08. The van der Waals surface area contributed by atoms with Gasteiger partial charge in [-0.3, -0.25) is 14.5 Å². The first-order valence-corrected chi connectivity index (χ1v) is 20.3. The number of amides is 2. The van der Waals surface area contributed by atoms with Gasteiger partial charge in [-0.2, -0.15) is 0 Å². The fraction of sp³-hybridized carbons (Fsp3) is 0.366. The predicted molar refractivity (Wildman–Crippen MR) is 199 cm³/mol. The van der Waals surface area contributed by atoms with Crippen LogP contribution in [-0.2, 0) is 20.5 Å². The summed E-state index contributed by atoms with van der Waals surface area (Å²) in [7, 11) is 0.889. The van der Waals surface area contributed by atoms with Crippen molar-refractivity contribution in [3.05, 3.63) is 120 Å². The molecule has 0 aromatic heterocycles. The van der Waals surface area contributed by atoms with E-state index in [2.05, 4.69) is 33.9 Å². The summed E-state index contributed by atoms with van der Waals surface area (Å²) in [6.45, 7) is 11.2. The van der Waals surface area contributed by atoms with Crippen LogP contribution in [0.15, 0.2) is 103 Å². The van der Waals surface area contributed by atoms with Crippen molar-refractivity contribution >= 4 is 20.1 Å². The number of hydrogen-bond donors (Lipinski definition) is 0. The van der Waals surface area contributed by atoms with Crippen LogP contribution in [0.1, 0.15) is 47.1 Å². The molecule has 2 aliphatic rings. The number of carbonyl (C=O) groups is 2. The Hall–Kier alpha value is -4.68. The third-order valence-electron chi connectivity index (χ3n) is 10.1. The highest BCUT2D eigenvalue weighted by atomic mass is 28.4. The molecule has 2 aliphatic heterocycles. The molecule has 274 valence electrons. The summed E-state index contributed by atoms with van der Waals surface area (Å²) >= 11 is 0. The van der Waals surface area contributed by atoms with Crippen molar-refractivity contribution in [2.45, 2.75) is 76.2 Å². The largest absolute Gasteiger partial charge is 0.497 e. The second-order valence-corrected chi connectivity index (χ2v) is 19.3. The number of rotatable bonds is 13. The van der Waals surface area contributed by atoms with Crippen LogP contribution >= 0.6 is 0 Å². The molecule has 5 atom stereocenters. The molecule has 1 fully saturated rings. The Bertz CT molecular complexity index is 1790. The number of benzene rings is 4. The van der Waals surface area contributed by atoms with E-state index in [-0.39, 0.29) is 18.3 Å². The monoisotopic (exact) mass is 725 g/mol. The third kappa shape index (κ3) is 7.87. The number of methoxy groups -OCH3 is 2. The maximum atomic E-state index is 14.2. The van der Waals surface area contributed by atoms with Crippen LogP contribution < -0.4 is 18.9 Å². The van der Waals surface area contributed by atoms with Crippen LogP contribution in [0.3, 0.4) is 0 Å². The van der Waals surface area contributed by atoms with Crippen molar-refractivity contribution in [2.24, 2.45) is 0 Å². The standard InChI is InChI=1S/C41H47NO9Si/c1-41(2,3)52(6,7)48-26-34-36(49-30-21-17-28(45-4)18-22-30)37(47-25-27-13-9-8-10-14-27)35(40(51-34)50-31-23-19-29(46-5)20-24-31)42-38(43)32-15-11-12-16-33(32)39(42)44/h8-24,34-37,40H,25-26H2,1-7H3/t34-,35+,36-,37-,40+/m1/s1. The first-order chi connectivity index (χ1) is 24.9. The minimum absolute atomic E-state index is 0.0844. The number of hydrogen-bond acceptors (Lipinski definition) is 9. The summed E-state index contributed by atoms with van der Waals surface area (Å²) < 4.78 is 44.6. The van der Waals surface area contributed by atoms with E-state index >= 15 is 0 Å². The number of nitrogens with zero attached hydrogens (tertiary/aromatic N) is 1. The Labute approximate surface area is 306 Å². The molecule has 2 heterocycles. The third-order valence-corrected chi connectivity index (χ3v) is 14.6. The molecule has 0 unspecified atom stereocenters. The summed E-state index contributed by atoms with van der Waals surface area (Å²) in [6.07, 6.45) is -3.70. The quantitative estimate of drug-likeness (QED) is 0.102. The van der Waals surface area contributed by atoms with Gasteiger partial charge >= 0.3 is 0 Å². The van der Waals surface area contributed by atoms with Gasteiger partial charge in [0.05, 0.1) is 38.6 Å². The van der Waals surface area contributed by atoms with E-state index in [1.54, 1.807) is 87.0 Å². The van der Waals surface area contributed by atoms with E-state index in [9.17, 15) is 9.59 Å². The number of carbonyl (C=O) groups excluding carboxylic acids is 2. The van der Waals surface area contributed by atoms with Crippen LogP contribution in [0.4, 0.5) is 0 Å². The molecular weight excluding hydrogens is 679 g/mol. The average Bonchev–Trinajstić information content (AvgIpc) is 3.39. The molecular formula is C41H47NO9Si. The van der Waals surface area contributed by atoms with E-state index < -0.39 is 50.8 Å². The molecule has 52 heavy (non-hydrogen) atoms.